The number of amides is 3. The van der Waals surface area contributed by atoms with Crippen molar-refractivity contribution in [3.63, 3.8) is 0 Å². The van der Waals surface area contributed by atoms with Gasteiger partial charge in [0.2, 0.25) is 17.7 Å². The van der Waals surface area contributed by atoms with Gasteiger partial charge < -0.3 is 95.4 Å². The zero-order valence-electron chi connectivity index (χ0n) is 50.6. The lowest BCUT2D eigenvalue weighted by Gasteiger charge is -2.50. The highest BCUT2D eigenvalue weighted by molar-refractivity contribution is 5.80. The van der Waals surface area contributed by atoms with Crippen LogP contribution >= 0.6 is 0 Å². The quantitative estimate of drug-likeness (QED) is 0.0384. The van der Waals surface area contributed by atoms with Crippen molar-refractivity contribution in [1.29, 1.82) is 0 Å². The highest BCUT2D eigenvalue weighted by Crippen LogP contribution is 2.34. The molecule has 0 aliphatic carbocycles. The highest BCUT2D eigenvalue weighted by atomic mass is 16.8. The standard InChI is InChI=1S/C60H113N3O19/c1-7-8-9-10-11-12-13-14-15-16-17-18-19-20-25-28-31-34-44(69)57(76)63-42(50(71)43(68)33-30-27-24-22-21-23-26-29-32-38(2)3)37-77-58-48(62-41(6)67)56(82-60-54(75)53(74)49(70)39(4)78-60)55(46(36-65)80-58)81-59-47(61-40(5)66)52(73)51(72)45(35-64)79-59/h38-39,42-56,58-60,64-65,68-75H,7-37H2,1-6H3,(H,61,66)(H,62,67)(H,63,76)/t39-,42+,43-,44-,45-,46-,47-,48-,49+,50+,51+,52-,53+,54-,55-,56-,58-,59+,60-/m1/s1. The molecule has 3 heterocycles. The molecule has 3 aliphatic rings. The van der Waals surface area contributed by atoms with E-state index < -0.39 is 154 Å². The van der Waals surface area contributed by atoms with Gasteiger partial charge in [-0.2, -0.15) is 0 Å². The zero-order chi connectivity index (χ0) is 60.6. The van der Waals surface area contributed by atoms with E-state index in [0.717, 1.165) is 71.6 Å². The summed E-state index contributed by atoms with van der Waals surface area (Å²) >= 11 is 0. The number of carbonyl (C=O) groups excluding carboxylic acids is 3. The first-order valence-electron chi connectivity index (χ1n) is 31.7. The maximum absolute atomic E-state index is 13.8. The van der Waals surface area contributed by atoms with Crippen LogP contribution in [0.4, 0.5) is 0 Å². The van der Waals surface area contributed by atoms with Crippen molar-refractivity contribution in [3.8, 4) is 0 Å². The molecule has 0 saturated carbocycles. The van der Waals surface area contributed by atoms with Crippen molar-refractivity contribution in [3.05, 3.63) is 0 Å². The van der Waals surface area contributed by atoms with Crippen molar-refractivity contribution >= 4 is 17.7 Å². The number of rotatable bonds is 44. The Kier molecular flexibility index (Phi) is 37.7. The molecule has 0 unspecified atom stereocenters. The van der Waals surface area contributed by atoms with Gasteiger partial charge in [0.25, 0.3) is 0 Å². The van der Waals surface area contributed by atoms with Crippen molar-refractivity contribution in [2.75, 3.05) is 19.8 Å². The molecule has 0 radical (unpaired) electrons. The topological polar surface area (TPSA) is 345 Å². The van der Waals surface area contributed by atoms with Crippen LogP contribution in [0.5, 0.6) is 0 Å². The van der Waals surface area contributed by atoms with Crippen LogP contribution in [-0.4, -0.2) is 205 Å². The van der Waals surface area contributed by atoms with Crippen molar-refractivity contribution in [2.45, 2.75) is 338 Å². The Hall–Kier alpha value is -2.23. The van der Waals surface area contributed by atoms with Crippen LogP contribution in [-0.2, 0) is 42.8 Å². The Bertz CT molecular complexity index is 1690. The number of aliphatic hydroxyl groups is 10. The van der Waals surface area contributed by atoms with Crippen LogP contribution in [0.15, 0.2) is 0 Å². The van der Waals surface area contributed by atoms with Crippen LogP contribution in [0.3, 0.4) is 0 Å². The molecule has 3 aliphatic heterocycles. The minimum Gasteiger partial charge on any atom is -0.394 e. The Balaban J connectivity index is 1.79. The van der Waals surface area contributed by atoms with E-state index in [1.165, 1.54) is 103 Å². The summed E-state index contributed by atoms with van der Waals surface area (Å²) in [6, 6.07) is -4.44. The van der Waals surface area contributed by atoms with E-state index in [-0.39, 0.29) is 12.8 Å². The van der Waals surface area contributed by atoms with E-state index in [2.05, 4.69) is 36.7 Å². The Morgan fingerprint density at radius 3 is 1.44 bits per heavy atom. The first-order chi connectivity index (χ1) is 39.2. The van der Waals surface area contributed by atoms with Gasteiger partial charge in [0.05, 0.1) is 38.1 Å². The highest BCUT2D eigenvalue weighted by Gasteiger charge is 2.55. The number of unbranched alkanes of at least 4 members (excludes halogenated alkanes) is 23. The second-order valence-electron chi connectivity index (χ2n) is 24.0. The fraction of sp³-hybridized carbons (Fsp3) is 0.950. The normalized spacial score (nSPS) is 30.2. The van der Waals surface area contributed by atoms with E-state index in [1.807, 2.05) is 0 Å². The molecule has 13 N–H and O–H groups in total. The molecule has 3 saturated heterocycles. The maximum atomic E-state index is 13.8. The lowest BCUT2D eigenvalue weighted by molar-refractivity contribution is -0.366. The average molecular weight is 1180 g/mol. The molecule has 3 rings (SSSR count). The summed E-state index contributed by atoms with van der Waals surface area (Å²) in [7, 11) is 0. The summed E-state index contributed by atoms with van der Waals surface area (Å²) in [6.45, 7) is 8.06. The van der Waals surface area contributed by atoms with Crippen LogP contribution in [0.25, 0.3) is 0 Å². The molecule has 19 atom stereocenters. The van der Waals surface area contributed by atoms with Gasteiger partial charge in [-0.05, 0) is 25.7 Å². The van der Waals surface area contributed by atoms with Gasteiger partial charge >= 0.3 is 0 Å². The molecular weight excluding hydrogens is 1070 g/mol. The third kappa shape index (κ3) is 26.8. The molecule has 22 heteroatoms. The summed E-state index contributed by atoms with van der Waals surface area (Å²) in [6.07, 6.45) is 3.86. The Morgan fingerprint density at radius 1 is 0.500 bits per heavy atom. The fourth-order valence-electron chi connectivity index (χ4n) is 11.2. The minimum absolute atomic E-state index is 0.144. The zero-order valence-corrected chi connectivity index (χ0v) is 50.6. The fourth-order valence-corrected chi connectivity index (χ4v) is 11.2. The van der Waals surface area contributed by atoms with Gasteiger partial charge in [-0.25, -0.2) is 0 Å². The minimum atomic E-state index is -1.92. The van der Waals surface area contributed by atoms with Gasteiger partial charge in [0.15, 0.2) is 18.9 Å². The average Bonchev–Trinajstić information content (AvgIpc) is 3.64. The molecule has 3 amide bonds. The summed E-state index contributed by atoms with van der Waals surface area (Å²) in [4.78, 5) is 39.3. The molecular formula is C60H113N3O19. The molecule has 0 aromatic rings. The van der Waals surface area contributed by atoms with E-state index in [4.69, 9.17) is 28.4 Å². The van der Waals surface area contributed by atoms with Crippen molar-refractivity contribution < 1.29 is 93.9 Å². The third-order valence-corrected chi connectivity index (χ3v) is 16.3. The summed E-state index contributed by atoms with van der Waals surface area (Å²) < 4.78 is 36.9. The monoisotopic (exact) mass is 1180 g/mol. The maximum Gasteiger partial charge on any atom is 0.249 e. The van der Waals surface area contributed by atoms with E-state index >= 15 is 0 Å². The molecule has 3 fully saturated rings. The van der Waals surface area contributed by atoms with E-state index in [9.17, 15) is 65.4 Å². The molecule has 0 aromatic carbocycles. The number of hydrogen-bond donors (Lipinski definition) is 13. The smallest absolute Gasteiger partial charge is 0.249 e. The largest absolute Gasteiger partial charge is 0.394 e. The van der Waals surface area contributed by atoms with Gasteiger partial charge in [-0.15, -0.1) is 0 Å². The van der Waals surface area contributed by atoms with E-state index in [1.54, 1.807) is 0 Å². The lowest BCUT2D eigenvalue weighted by atomic mass is 9.93. The number of ether oxygens (including phenoxy) is 6. The van der Waals surface area contributed by atoms with Gasteiger partial charge in [-0.3, -0.25) is 14.4 Å². The van der Waals surface area contributed by atoms with Crippen LogP contribution in [0, 0.1) is 5.92 Å². The molecule has 22 nitrogen and oxygen atoms in total. The van der Waals surface area contributed by atoms with Gasteiger partial charge in [0, 0.05) is 13.8 Å². The Labute approximate surface area is 489 Å². The third-order valence-electron chi connectivity index (χ3n) is 16.3. The second kappa shape index (κ2) is 41.8. The number of nitrogens with one attached hydrogen (secondary N) is 3. The molecule has 482 valence electrons. The van der Waals surface area contributed by atoms with Crippen molar-refractivity contribution in [1.82, 2.24) is 16.0 Å². The Morgan fingerprint density at radius 2 is 0.951 bits per heavy atom. The van der Waals surface area contributed by atoms with Crippen molar-refractivity contribution in [2.24, 2.45) is 5.92 Å². The molecule has 82 heavy (non-hydrogen) atoms. The number of carbonyl (C=O) groups is 3. The van der Waals surface area contributed by atoms with E-state index in [0.29, 0.717) is 18.8 Å². The van der Waals surface area contributed by atoms with Gasteiger partial charge in [-0.1, -0.05) is 188 Å². The lowest BCUT2D eigenvalue weighted by Crippen LogP contribution is -2.71. The molecule has 0 spiro atoms. The van der Waals surface area contributed by atoms with Gasteiger partial charge in [0.1, 0.15) is 79.2 Å². The predicted molar refractivity (Wildman–Crippen MR) is 307 cm³/mol. The predicted octanol–water partition coefficient (Wildman–Crippen LogP) is 3.93. The SMILES string of the molecule is CCCCCCCCCCCCCCCCCCC[C@@H](O)C(=O)N[C@@H](CO[C@@H]1O[C@H](CO)[C@@H](O[C@@H]2O[C@H](CO)[C@H](O)[C@H](O)[C@H]2NC(C)=O)[C@H](O[C@H]2O[C@H](C)[C@H](O)[C@H](O)[C@H]2O)[C@H]1NC(C)=O)[C@H](O)[C@H](O)CCCCCCCCCCC(C)C. The summed E-state index contributed by atoms with van der Waals surface area (Å²) in [5.74, 6) is -1.51. The first kappa shape index (κ1) is 74.0. The van der Waals surface area contributed by atoms with Crippen LogP contribution in [0.1, 0.15) is 221 Å². The van der Waals surface area contributed by atoms with Crippen LogP contribution < -0.4 is 16.0 Å². The number of hydrogen-bond acceptors (Lipinski definition) is 19. The molecule has 0 bridgehead atoms. The number of aliphatic hydroxyl groups excluding tert-OH is 10. The summed E-state index contributed by atoms with van der Waals surface area (Å²) in [5.41, 5.74) is 0. The molecule has 0 aromatic heterocycles. The first-order valence-corrected chi connectivity index (χ1v) is 31.7. The second-order valence-corrected chi connectivity index (χ2v) is 24.0. The summed E-state index contributed by atoms with van der Waals surface area (Å²) in [5, 5.41) is 118. The van der Waals surface area contributed by atoms with Crippen LogP contribution in [0.2, 0.25) is 0 Å².